The van der Waals surface area contributed by atoms with E-state index >= 15 is 0 Å². The molecule has 3 heteroatoms. The Morgan fingerprint density at radius 3 is 2.67 bits per heavy atom. The first kappa shape index (κ1) is 14.3. The third kappa shape index (κ3) is 3.94. The van der Waals surface area contributed by atoms with E-state index in [-0.39, 0.29) is 0 Å². The zero-order chi connectivity index (χ0) is 12.8. The van der Waals surface area contributed by atoms with Crippen molar-refractivity contribution in [1.82, 2.24) is 9.80 Å². The molecule has 0 radical (unpaired) electrons. The number of likely N-dealkylation sites (tertiary alicyclic amines) is 2. The van der Waals surface area contributed by atoms with Crippen LogP contribution in [0.4, 0.5) is 0 Å². The van der Waals surface area contributed by atoms with Crippen LogP contribution < -0.4 is 5.73 Å². The van der Waals surface area contributed by atoms with E-state index in [1.165, 1.54) is 71.2 Å². The minimum Gasteiger partial charge on any atom is -0.330 e. The molecule has 0 saturated carbocycles. The van der Waals surface area contributed by atoms with E-state index in [0.29, 0.717) is 0 Å². The highest BCUT2D eigenvalue weighted by molar-refractivity contribution is 4.82. The van der Waals surface area contributed by atoms with E-state index in [9.17, 15) is 0 Å². The van der Waals surface area contributed by atoms with Crippen LogP contribution in [-0.2, 0) is 0 Å². The Morgan fingerprint density at radius 1 is 1.06 bits per heavy atom. The summed E-state index contributed by atoms with van der Waals surface area (Å²) in [5, 5.41) is 0. The molecule has 2 rings (SSSR count). The number of piperidine rings is 1. The first-order valence-corrected chi connectivity index (χ1v) is 8.00. The summed E-state index contributed by atoms with van der Waals surface area (Å²) in [5.74, 6) is 0.758. The normalized spacial score (nSPS) is 32.3. The number of rotatable bonds is 4. The summed E-state index contributed by atoms with van der Waals surface area (Å²) in [6, 6.07) is 0.834. The molecule has 18 heavy (non-hydrogen) atoms. The van der Waals surface area contributed by atoms with Crippen molar-refractivity contribution in [2.75, 3.05) is 39.3 Å². The van der Waals surface area contributed by atoms with Gasteiger partial charge in [0.15, 0.2) is 0 Å². The molecule has 2 fully saturated rings. The predicted molar refractivity (Wildman–Crippen MR) is 77.7 cm³/mol. The van der Waals surface area contributed by atoms with E-state index < -0.39 is 0 Å². The lowest BCUT2D eigenvalue weighted by Crippen LogP contribution is -2.44. The highest BCUT2D eigenvalue weighted by atomic mass is 15.2. The molecular weight excluding hydrogens is 222 g/mol. The molecule has 0 aromatic rings. The molecule has 2 aliphatic heterocycles. The van der Waals surface area contributed by atoms with Gasteiger partial charge in [0.25, 0.3) is 0 Å². The van der Waals surface area contributed by atoms with E-state index in [1.54, 1.807) is 0 Å². The smallest absolute Gasteiger partial charge is 0.0108 e. The van der Waals surface area contributed by atoms with Gasteiger partial charge in [0.05, 0.1) is 0 Å². The highest BCUT2D eigenvalue weighted by Crippen LogP contribution is 2.23. The summed E-state index contributed by atoms with van der Waals surface area (Å²) in [6.45, 7) is 9.66. The molecule has 2 saturated heterocycles. The van der Waals surface area contributed by atoms with Gasteiger partial charge in [-0.15, -0.1) is 0 Å². The van der Waals surface area contributed by atoms with Crippen LogP contribution >= 0.6 is 0 Å². The Kier molecular flexibility index (Phi) is 5.93. The molecule has 2 N–H and O–H groups in total. The summed E-state index contributed by atoms with van der Waals surface area (Å²) in [7, 11) is 0. The molecule has 106 valence electrons. The third-order valence-electron chi connectivity index (χ3n) is 4.73. The molecular formula is C15H31N3. The fraction of sp³-hybridized carbons (Fsp3) is 1.00. The predicted octanol–water partition coefficient (Wildman–Crippen LogP) is 1.92. The van der Waals surface area contributed by atoms with Crippen LogP contribution in [0.15, 0.2) is 0 Å². The average molecular weight is 253 g/mol. The quantitative estimate of drug-likeness (QED) is 0.831. The van der Waals surface area contributed by atoms with Crippen LogP contribution in [0.5, 0.6) is 0 Å². The fourth-order valence-corrected chi connectivity index (χ4v) is 3.66. The number of nitrogens with two attached hydrogens (primary N) is 1. The van der Waals surface area contributed by atoms with Crippen molar-refractivity contribution in [2.45, 2.75) is 51.5 Å². The maximum atomic E-state index is 5.85. The van der Waals surface area contributed by atoms with Crippen molar-refractivity contribution in [3.63, 3.8) is 0 Å². The van der Waals surface area contributed by atoms with Gasteiger partial charge >= 0.3 is 0 Å². The average Bonchev–Trinajstić information content (AvgIpc) is 2.65. The van der Waals surface area contributed by atoms with Crippen LogP contribution in [0.1, 0.15) is 45.4 Å². The second-order valence-electron chi connectivity index (χ2n) is 6.17. The van der Waals surface area contributed by atoms with Gasteiger partial charge in [0.2, 0.25) is 0 Å². The molecule has 0 aliphatic carbocycles. The Bertz CT molecular complexity index is 232. The standard InChI is InChI=1S/C15H31N3/c1-2-8-17-9-4-6-15(7-11-17)18-10-3-5-14(12-16)13-18/h14-15H,2-13,16H2,1H3. The van der Waals surface area contributed by atoms with E-state index in [1.807, 2.05) is 0 Å². The highest BCUT2D eigenvalue weighted by Gasteiger charge is 2.26. The molecule has 2 atom stereocenters. The van der Waals surface area contributed by atoms with E-state index in [4.69, 9.17) is 5.73 Å². The Hall–Kier alpha value is -0.120. The molecule has 2 heterocycles. The van der Waals surface area contributed by atoms with Gasteiger partial charge < -0.3 is 15.5 Å². The van der Waals surface area contributed by atoms with Gasteiger partial charge in [-0.1, -0.05) is 6.92 Å². The molecule has 0 amide bonds. The topological polar surface area (TPSA) is 32.5 Å². The first-order valence-electron chi connectivity index (χ1n) is 8.00. The van der Waals surface area contributed by atoms with Crippen molar-refractivity contribution in [3.05, 3.63) is 0 Å². The summed E-state index contributed by atoms with van der Waals surface area (Å²) in [4.78, 5) is 5.40. The monoisotopic (exact) mass is 253 g/mol. The van der Waals surface area contributed by atoms with Crippen LogP contribution in [0.2, 0.25) is 0 Å². The van der Waals surface area contributed by atoms with Crippen LogP contribution in [0.3, 0.4) is 0 Å². The van der Waals surface area contributed by atoms with Crippen molar-refractivity contribution in [1.29, 1.82) is 0 Å². The molecule has 2 aliphatic rings. The van der Waals surface area contributed by atoms with Crippen LogP contribution in [0, 0.1) is 5.92 Å². The van der Waals surface area contributed by atoms with Gasteiger partial charge in [0.1, 0.15) is 0 Å². The van der Waals surface area contributed by atoms with Crippen LogP contribution in [0.25, 0.3) is 0 Å². The Balaban J connectivity index is 1.81. The van der Waals surface area contributed by atoms with Gasteiger partial charge in [-0.05, 0) is 77.2 Å². The molecule has 0 aromatic carbocycles. The minimum absolute atomic E-state index is 0.758. The lowest BCUT2D eigenvalue weighted by Gasteiger charge is -2.37. The molecule has 2 unspecified atom stereocenters. The molecule has 0 aromatic heterocycles. The maximum absolute atomic E-state index is 5.85. The van der Waals surface area contributed by atoms with Gasteiger partial charge in [-0.2, -0.15) is 0 Å². The zero-order valence-electron chi connectivity index (χ0n) is 12.1. The fourth-order valence-electron chi connectivity index (χ4n) is 3.66. The number of hydrogen-bond acceptors (Lipinski definition) is 3. The zero-order valence-corrected chi connectivity index (χ0v) is 12.1. The van der Waals surface area contributed by atoms with Gasteiger partial charge in [-0.3, -0.25) is 0 Å². The summed E-state index contributed by atoms with van der Waals surface area (Å²) >= 11 is 0. The first-order chi connectivity index (χ1) is 8.83. The summed E-state index contributed by atoms with van der Waals surface area (Å²) < 4.78 is 0. The lowest BCUT2D eigenvalue weighted by molar-refractivity contribution is 0.115. The maximum Gasteiger partial charge on any atom is 0.0108 e. The lowest BCUT2D eigenvalue weighted by atomic mass is 9.95. The van der Waals surface area contributed by atoms with Gasteiger partial charge in [-0.25, -0.2) is 0 Å². The molecule has 0 spiro atoms. The minimum atomic E-state index is 0.758. The molecule has 0 bridgehead atoms. The summed E-state index contributed by atoms with van der Waals surface area (Å²) in [6.07, 6.45) is 8.16. The van der Waals surface area contributed by atoms with E-state index in [2.05, 4.69) is 16.7 Å². The Morgan fingerprint density at radius 2 is 1.89 bits per heavy atom. The third-order valence-corrected chi connectivity index (χ3v) is 4.73. The van der Waals surface area contributed by atoms with Crippen molar-refractivity contribution in [2.24, 2.45) is 11.7 Å². The largest absolute Gasteiger partial charge is 0.330 e. The van der Waals surface area contributed by atoms with E-state index in [0.717, 1.165) is 18.5 Å². The van der Waals surface area contributed by atoms with Gasteiger partial charge in [0, 0.05) is 12.6 Å². The second-order valence-corrected chi connectivity index (χ2v) is 6.17. The molecule has 3 nitrogen and oxygen atoms in total. The SMILES string of the molecule is CCCN1CCCC(N2CCCC(CN)C2)CC1. The van der Waals surface area contributed by atoms with Crippen LogP contribution in [-0.4, -0.2) is 55.1 Å². The Labute approximate surface area is 113 Å². The van der Waals surface area contributed by atoms with Crippen molar-refractivity contribution in [3.8, 4) is 0 Å². The van der Waals surface area contributed by atoms with Crippen molar-refractivity contribution >= 4 is 0 Å². The number of nitrogens with zero attached hydrogens (tertiary/aromatic N) is 2. The number of hydrogen-bond donors (Lipinski definition) is 1. The van der Waals surface area contributed by atoms with Crippen molar-refractivity contribution < 1.29 is 0 Å². The second kappa shape index (κ2) is 7.46. The summed E-state index contributed by atoms with van der Waals surface area (Å²) in [5.41, 5.74) is 5.85.